The molecule has 2 aromatic rings. The van der Waals surface area contributed by atoms with Gasteiger partial charge in [0.1, 0.15) is 17.3 Å². The summed E-state index contributed by atoms with van der Waals surface area (Å²) in [6.07, 6.45) is -0.122. The SMILES string of the molecule is CC[C@H]1Oc2cc(O)ccc2N(Cc2ccccc2F)C1=O. The van der Waals surface area contributed by atoms with Gasteiger partial charge in [0, 0.05) is 11.6 Å². The molecular formula is C17H16FNO3. The monoisotopic (exact) mass is 301 g/mol. The molecule has 0 unspecified atom stereocenters. The van der Waals surface area contributed by atoms with Gasteiger partial charge in [0.25, 0.3) is 5.91 Å². The fraction of sp³-hybridized carbons (Fsp3) is 0.235. The van der Waals surface area contributed by atoms with Crippen LogP contribution >= 0.6 is 0 Å². The molecule has 0 bridgehead atoms. The van der Waals surface area contributed by atoms with E-state index >= 15 is 0 Å². The summed E-state index contributed by atoms with van der Waals surface area (Å²) in [4.78, 5) is 14.0. The van der Waals surface area contributed by atoms with Crippen molar-refractivity contribution < 1.29 is 19.0 Å². The Morgan fingerprint density at radius 3 is 2.77 bits per heavy atom. The summed E-state index contributed by atoms with van der Waals surface area (Å²) in [5, 5.41) is 9.59. The number of fused-ring (bicyclic) bond motifs is 1. The predicted molar refractivity (Wildman–Crippen MR) is 80.4 cm³/mol. The van der Waals surface area contributed by atoms with Crippen LogP contribution in [0.4, 0.5) is 10.1 Å². The Labute approximate surface area is 127 Å². The number of ether oxygens (including phenoxy) is 1. The zero-order valence-corrected chi connectivity index (χ0v) is 12.1. The molecule has 0 radical (unpaired) electrons. The average Bonchev–Trinajstić information content (AvgIpc) is 2.51. The van der Waals surface area contributed by atoms with E-state index in [0.29, 0.717) is 23.4 Å². The third-order valence-electron chi connectivity index (χ3n) is 3.70. The third kappa shape index (κ3) is 2.50. The minimum Gasteiger partial charge on any atom is -0.508 e. The van der Waals surface area contributed by atoms with Crippen LogP contribution in [0.3, 0.4) is 0 Å². The molecule has 0 aromatic heterocycles. The Morgan fingerprint density at radius 2 is 2.05 bits per heavy atom. The smallest absolute Gasteiger partial charge is 0.268 e. The quantitative estimate of drug-likeness (QED) is 0.947. The lowest BCUT2D eigenvalue weighted by molar-refractivity contribution is -0.126. The Morgan fingerprint density at radius 1 is 1.27 bits per heavy atom. The number of hydrogen-bond donors (Lipinski definition) is 1. The largest absolute Gasteiger partial charge is 0.508 e. The third-order valence-corrected chi connectivity index (χ3v) is 3.70. The number of nitrogens with zero attached hydrogens (tertiary/aromatic N) is 1. The molecule has 1 aliphatic heterocycles. The van der Waals surface area contributed by atoms with Crippen molar-refractivity contribution in [3.05, 3.63) is 53.8 Å². The van der Waals surface area contributed by atoms with Crippen LogP contribution in [0.2, 0.25) is 0 Å². The van der Waals surface area contributed by atoms with Gasteiger partial charge >= 0.3 is 0 Å². The maximum Gasteiger partial charge on any atom is 0.268 e. The van der Waals surface area contributed by atoms with E-state index in [-0.39, 0.29) is 24.0 Å². The molecule has 22 heavy (non-hydrogen) atoms. The lowest BCUT2D eigenvalue weighted by Gasteiger charge is -2.34. The summed E-state index contributed by atoms with van der Waals surface area (Å²) in [6, 6.07) is 10.9. The van der Waals surface area contributed by atoms with Gasteiger partial charge in [-0.3, -0.25) is 4.79 Å². The van der Waals surface area contributed by atoms with Gasteiger partial charge in [0.2, 0.25) is 0 Å². The first kappa shape index (κ1) is 14.4. The number of anilines is 1. The molecule has 4 nitrogen and oxygen atoms in total. The molecule has 3 rings (SSSR count). The standard InChI is InChI=1S/C17H16FNO3/c1-2-15-17(21)19(10-11-5-3-4-6-13(11)18)14-8-7-12(20)9-16(14)22-15/h3-9,15,20H,2,10H2,1H3/t15-/m1/s1. The van der Waals surface area contributed by atoms with Crippen LogP contribution in [0.15, 0.2) is 42.5 Å². The van der Waals surface area contributed by atoms with Crippen molar-refractivity contribution in [3.8, 4) is 11.5 Å². The number of aromatic hydroxyl groups is 1. The Balaban J connectivity index is 2.01. The van der Waals surface area contributed by atoms with E-state index in [0.717, 1.165) is 0 Å². The molecule has 2 aromatic carbocycles. The highest BCUT2D eigenvalue weighted by Crippen LogP contribution is 2.38. The summed E-state index contributed by atoms with van der Waals surface area (Å²) in [6.45, 7) is 1.97. The lowest BCUT2D eigenvalue weighted by atomic mass is 10.1. The molecule has 1 amide bonds. The van der Waals surface area contributed by atoms with E-state index in [9.17, 15) is 14.3 Å². The maximum atomic E-state index is 13.9. The summed E-state index contributed by atoms with van der Waals surface area (Å²) in [5.74, 6) is -0.0595. The van der Waals surface area contributed by atoms with Crippen molar-refractivity contribution >= 4 is 11.6 Å². The predicted octanol–water partition coefficient (Wildman–Crippen LogP) is 3.24. The van der Waals surface area contributed by atoms with Gasteiger partial charge < -0.3 is 14.7 Å². The molecule has 5 heteroatoms. The first-order valence-corrected chi connectivity index (χ1v) is 7.14. The minimum absolute atomic E-state index is 0.0637. The molecule has 0 aliphatic carbocycles. The number of phenolic OH excluding ortho intramolecular Hbond substituents is 1. The topological polar surface area (TPSA) is 49.8 Å². The number of halogens is 1. The Hall–Kier alpha value is -2.56. The van der Waals surface area contributed by atoms with Crippen LogP contribution in [-0.2, 0) is 11.3 Å². The molecule has 1 heterocycles. The molecule has 114 valence electrons. The summed E-state index contributed by atoms with van der Waals surface area (Å²) >= 11 is 0. The number of carbonyl (C=O) groups is 1. The van der Waals surface area contributed by atoms with E-state index in [1.54, 1.807) is 24.3 Å². The van der Waals surface area contributed by atoms with Crippen LogP contribution in [0.1, 0.15) is 18.9 Å². The maximum absolute atomic E-state index is 13.9. The van der Waals surface area contributed by atoms with E-state index in [1.165, 1.54) is 23.1 Å². The van der Waals surface area contributed by atoms with Gasteiger partial charge in [-0.1, -0.05) is 25.1 Å². The van der Waals surface area contributed by atoms with Crippen LogP contribution < -0.4 is 9.64 Å². The second-order valence-corrected chi connectivity index (χ2v) is 5.18. The molecular weight excluding hydrogens is 285 g/mol. The Kier molecular flexibility index (Phi) is 3.71. The van der Waals surface area contributed by atoms with Gasteiger partial charge in [0.05, 0.1) is 12.2 Å². The highest BCUT2D eigenvalue weighted by Gasteiger charge is 2.33. The number of benzene rings is 2. The first-order chi connectivity index (χ1) is 10.6. The molecule has 1 N–H and O–H groups in total. The van der Waals surface area contributed by atoms with Crippen LogP contribution in [0.5, 0.6) is 11.5 Å². The second kappa shape index (κ2) is 5.67. The van der Waals surface area contributed by atoms with Crippen LogP contribution in [-0.4, -0.2) is 17.1 Å². The summed E-state index contributed by atoms with van der Waals surface area (Å²) < 4.78 is 19.5. The first-order valence-electron chi connectivity index (χ1n) is 7.14. The number of carbonyl (C=O) groups excluding carboxylic acids is 1. The van der Waals surface area contributed by atoms with E-state index in [4.69, 9.17) is 4.74 Å². The highest BCUT2D eigenvalue weighted by molar-refractivity contribution is 6.00. The van der Waals surface area contributed by atoms with Crippen LogP contribution in [0, 0.1) is 5.82 Å². The normalized spacial score (nSPS) is 17.1. The van der Waals surface area contributed by atoms with Gasteiger partial charge in [-0.05, 0) is 24.6 Å². The van der Waals surface area contributed by atoms with E-state index in [1.807, 2.05) is 6.92 Å². The molecule has 1 atom stereocenters. The zero-order chi connectivity index (χ0) is 15.7. The van der Waals surface area contributed by atoms with E-state index < -0.39 is 6.10 Å². The highest BCUT2D eigenvalue weighted by atomic mass is 19.1. The number of amides is 1. The summed E-state index contributed by atoms with van der Waals surface area (Å²) in [7, 11) is 0. The van der Waals surface area contributed by atoms with Crippen molar-refractivity contribution in [3.63, 3.8) is 0 Å². The lowest BCUT2D eigenvalue weighted by Crippen LogP contribution is -2.45. The van der Waals surface area contributed by atoms with Crippen molar-refractivity contribution in [1.29, 1.82) is 0 Å². The molecule has 0 saturated carbocycles. The molecule has 0 saturated heterocycles. The van der Waals surface area contributed by atoms with Gasteiger partial charge in [0.15, 0.2) is 6.10 Å². The molecule has 0 fully saturated rings. The van der Waals surface area contributed by atoms with E-state index in [2.05, 4.69) is 0 Å². The fourth-order valence-corrected chi connectivity index (χ4v) is 2.53. The second-order valence-electron chi connectivity index (χ2n) is 5.18. The Bertz CT molecular complexity index is 717. The summed E-state index contributed by atoms with van der Waals surface area (Å²) in [5.41, 5.74) is 0.974. The number of hydrogen-bond acceptors (Lipinski definition) is 3. The zero-order valence-electron chi connectivity index (χ0n) is 12.1. The average molecular weight is 301 g/mol. The molecule has 0 spiro atoms. The number of phenols is 1. The molecule has 1 aliphatic rings. The van der Waals surface area contributed by atoms with Crippen molar-refractivity contribution in [2.45, 2.75) is 26.0 Å². The van der Waals surface area contributed by atoms with Crippen molar-refractivity contribution in [2.75, 3.05) is 4.90 Å². The number of rotatable bonds is 3. The fourth-order valence-electron chi connectivity index (χ4n) is 2.53. The van der Waals surface area contributed by atoms with Crippen molar-refractivity contribution in [1.82, 2.24) is 0 Å². The van der Waals surface area contributed by atoms with Gasteiger partial charge in [-0.15, -0.1) is 0 Å². The van der Waals surface area contributed by atoms with Gasteiger partial charge in [-0.25, -0.2) is 4.39 Å². The van der Waals surface area contributed by atoms with Crippen molar-refractivity contribution in [2.24, 2.45) is 0 Å². The van der Waals surface area contributed by atoms with Gasteiger partial charge in [-0.2, -0.15) is 0 Å². The minimum atomic E-state index is -0.624. The van der Waals surface area contributed by atoms with Crippen LogP contribution in [0.25, 0.3) is 0 Å².